The lowest BCUT2D eigenvalue weighted by molar-refractivity contribution is 1.36. The van der Waals surface area contributed by atoms with Crippen molar-refractivity contribution in [3.63, 3.8) is 0 Å². The average molecular weight is 213 g/mol. The summed E-state index contributed by atoms with van der Waals surface area (Å²) in [5, 5.41) is 0. The molecule has 0 aliphatic heterocycles. The van der Waals surface area contributed by atoms with Crippen LogP contribution in [0.25, 0.3) is 0 Å². The first-order valence-corrected chi connectivity index (χ1v) is 5.50. The molecule has 2 rings (SSSR count). The highest BCUT2D eigenvalue weighted by Gasteiger charge is 2.00. The molecule has 74 valence electrons. The van der Waals surface area contributed by atoms with Crippen molar-refractivity contribution < 1.29 is 0 Å². The number of rotatable bonds is 3. The number of hydrogen-bond donors (Lipinski definition) is 0. The molecular weight excluding hydrogens is 202 g/mol. The van der Waals surface area contributed by atoms with Crippen molar-refractivity contribution in [2.75, 3.05) is 0 Å². The maximum Gasteiger partial charge on any atom is 0.0761 e. The Morgan fingerprint density at radius 3 is 2.27 bits per heavy atom. The van der Waals surface area contributed by atoms with Gasteiger partial charge in [-0.3, -0.25) is 4.99 Å². The van der Waals surface area contributed by atoms with E-state index in [1.165, 1.54) is 4.90 Å². The Morgan fingerprint density at radius 1 is 0.867 bits per heavy atom. The first kappa shape index (κ1) is 9.99. The van der Waals surface area contributed by atoms with E-state index in [2.05, 4.69) is 29.9 Å². The van der Waals surface area contributed by atoms with Crippen molar-refractivity contribution in [2.24, 2.45) is 4.99 Å². The van der Waals surface area contributed by atoms with Gasteiger partial charge < -0.3 is 0 Å². The molecule has 0 aromatic heterocycles. The molecule has 15 heavy (non-hydrogen) atoms. The smallest absolute Gasteiger partial charge is 0.0761 e. The van der Waals surface area contributed by atoms with Gasteiger partial charge in [0.15, 0.2) is 0 Å². The van der Waals surface area contributed by atoms with E-state index >= 15 is 0 Å². The van der Waals surface area contributed by atoms with E-state index in [0.29, 0.717) is 0 Å². The summed E-state index contributed by atoms with van der Waals surface area (Å²) in [5.74, 6) is 0. The summed E-state index contributed by atoms with van der Waals surface area (Å²) in [4.78, 5) is 6.35. The molecule has 2 aromatic rings. The lowest BCUT2D eigenvalue weighted by Gasteiger charge is -2.03. The average Bonchev–Trinajstić information content (AvgIpc) is 2.31. The summed E-state index contributed by atoms with van der Waals surface area (Å²) in [6.45, 7) is 3.57. The van der Waals surface area contributed by atoms with Crippen molar-refractivity contribution in [1.29, 1.82) is 0 Å². The number of hydrogen-bond acceptors (Lipinski definition) is 2. The quantitative estimate of drug-likeness (QED) is 0.697. The minimum absolute atomic E-state index is 0.936. The SMILES string of the molecule is C=Nc1ccccc1Sc1ccccc1. The maximum absolute atomic E-state index is 4.00. The number of para-hydroxylation sites is 1. The Labute approximate surface area is 93.9 Å². The van der Waals surface area contributed by atoms with Gasteiger partial charge in [-0.15, -0.1) is 0 Å². The summed E-state index contributed by atoms with van der Waals surface area (Å²) < 4.78 is 0. The van der Waals surface area contributed by atoms with Crippen LogP contribution in [0, 0.1) is 0 Å². The molecule has 1 nitrogen and oxygen atoms in total. The topological polar surface area (TPSA) is 12.4 Å². The molecule has 0 heterocycles. The third-order valence-electron chi connectivity index (χ3n) is 2.01. The molecule has 0 aliphatic rings. The summed E-state index contributed by atoms with van der Waals surface area (Å²) in [6.07, 6.45) is 0. The third kappa shape index (κ3) is 2.48. The Hall–Kier alpha value is -1.54. The van der Waals surface area contributed by atoms with Gasteiger partial charge in [0.05, 0.1) is 5.69 Å². The van der Waals surface area contributed by atoms with Crippen LogP contribution < -0.4 is 0 Å². The van der Waals surface area contributed by atoms with Gasteiger partial charge in [-0.25, -0.2) is 0 Å². The van der Waals surface area contributed by atoms with Crippen LogP contribution in [-0.2, 0) is 0 Å². The highest BCUT2D eigenvalue weighted by molar-refractivity contribution is 7.99. The van der Waals surface area contributed by atoms with Crippen LogP contribution in [-0.4, -0.2) is 6.72 Å². The van der Waals surface area contributed by atoms with Gasteiger partial charge in [-0.05, 0) is 31.0 Å². The Morgan fingerprint density at radius 2 is 1.53 bits per heavy atom. The molecule has 2 aromatic carbocycles. The van der Waals surface area contributed by atoms with Crippen molar-refractivity contribution in [3.8, 4) is 0 Å². The molecule has 0 bridgehead atoms. The van der Waals surface area contributed by atoms with Gasteiger partial charge in [0.1, 0.15) is 0 Å². The second-order valence-electron chi connectivity index (χ2n) is 3.04. The van der Waals surface area contributed by atoms with E-state index < -0.39 is 0 Å². The fraction of sp³-hybridized carbons (Fsp3) is 0. The number of benzene rings is 2. The third-order valence-corrected chi connectivity index (χ3v) is 3.08. The van der Waals surface area contributed by atoms with Gasteiger partial charge in [0.2, 0.25) is 0 Å². The predicted molar refractivity (Wildman–Crippen MR) is 66.2 cm³/mol. The van der Waals surface area contributed by atoms with Gasteiger partial charge in [-0.2, -0.15) is 0 Å². The standard InChI is InChI=1S/C13H11NS/c1-14-12-9-5-6-10-13(12)15-11-7-3-2-4-8-11/h2-10H,1H2. The summed E-state index contributed by atoms with van der Waals surface area (Å²) >= 11 is 1.71. The van der Waals surface area contributed by atoms with Crippen LogP contribution in [0.3, 0.4) is 0 Å². The van der Waals surface area contributed by atoms with Crippen molar-refractivity contribution >= 4 is 24.2 Å². The monoisotopic (exact) mass is 213 g/mol. The summed E-state index contributed by atoms with van der Waals surface area (Å²) in [6, 6.07) is 18.3. The maximum atomic E-state index is 4.00. The molecular formula is C13H11NS. The summed E-state index contributed by atoms with van der Waals surface area (Å²) in [5.41, 5.74) is 0.936. The fourth-order valence-corrected chi connectivity index (χ4v) is 2.22. The molecule has 0 saturated heterocycles. The van der Waals surface area contributed by atoms with Gasteiger partial charge in [0, 0.05) is 9.79 Å². The molecule has 0 radical (unpaired) electrons. The highest BCUT2D eigenvalue weighted by atomic mass is 32.2. The Kier molecular flexibility index (Phi) is 3.20. The van der Waals surface area contributed by atoms with E-state index in [-0.39, 0.29) is 0 Å². The van der Waals surface area contributed by atoms with Gasteiger partial charge >= 0.3 is 0 Å². The van der Waals surface area contributed by atoms with Crippen LogP contribution >= 0.6 is 11.8 Å². The zero-order chi connectivity index (χ0) is 10.5. The van der Waals surface area contributed by atoms with Crippen LogP contribution in [0.5, 0.6) is 0 Å². The van der Waals surface area contributed by atoms with E-state index in [1.807, 2.05) is 36.4 Å². The normalized spacial score (nSPS) is 9.87. The summed E-state index contributed by atoms with van der Waals surface area (Å²) in [7, 11) is 0. The molecule has 0 spiro atoms. The number of aliphatic imine (C=N–C) groups is 1. The van der Waals surface area contributed by atoms with E-state index in [4.69, 9.17) is 0 Å². The molecule has 0 aliphatic carbocycles. The van der Waals surface area contributed by atoms with Crippen molar-refractivity contribution in [3.05, 3.63) is 54.6 Å². The minimum atomic E-state index is 0.936. The fourth-order valence-electron chi connectivity index (χ4n) is 1.29. The zero-order valence-corrected chi connectivity index (χ0v) is 9.08. The minimum Gasteiger partial charge on any atom is -0.263 e. The van der Waals surface area contributed by atoms with Crippen molar-refractivity contribution in [2.45, 2.75) is 9.79 Å². The first-order chi connectivity index (χ1) is 7.40. The molecule has 0 N–H and O–H groups in total. The largest absolute Gasteiger partial charge is 0.263 e. The molecule has 0 atom stereocenters. The van der Waals surface area contributed by atoms with Gasteiger partial charge in [-0.1, -0.05) is 42.1 Å². The first-order valence-electron chi connectivity index (χ1n) is 4.69. The van der Waals surface area contributed by atoms with Crippen LogP contribution in [0.2, 0.25) is 0 Å². The lowest BCUT2D eigenvalue weighted by atomic mass is 10.3. The zero-order valence-electron chi connectivity index (χ0n) is 8.26. The van der Waals surface area contributed by atoms with Crippen molar-refractivity contribution in [1.82, 2.24) is 0 Å². The second kappa shape index (κ2) is 4.80. The van der Waals surface area contributed by atoms with E-state index in [1.54, 1.807) is 11.8 Å². The molecule has 0 amide bonds. The predicted octanol–water partition coefficient (Wildman–Crippen LogP) is 4.17. The highest BCUT2D eigenvalue weighted by Crippen LogP contribution is 2.34. The molecule has 0 saturated carbocycles. The van der Waals surface area contributed by atoms with Gasteiger partial charge in [0.25, 0.3) is 0 Å². The van der Waals surface area contributed by atoms with Crippen LogP contribution in [0.4, 0.5) is 5.69 Å². The van der Waals surface area contributed by atoms with Crippen LogP contribution in [0.1, 0.15) is 0 Å². The lowest BCUT2D eigenvalue weighted by Crippen LogP contribution is -1.74. The molecule has 0 unspecified atom stereocenters. The van der Waals surface area contributed by atoms with E-state index in [9.17, 15) is 0 Å². The molecule has 0 fully saturated rings. The van der Waals surface area contributed by atoms with Crippen LogP contribution in [0.15, 0.2) is 69.4 Å². The second-order valence-corrected chi connectivity index (χ2v) is 4.16. The van der Waals surface area contributed by atoms with E-state index in [0.717, 1.165) is 10.6 Å². The Bertz CT molecular complexity index is 451. The molecule has 2 heteroatoms. The Balaban J connectivity index is 2.28. The number of nitrogens with zero attached hydrogens (tertiary/aromatic N) is 1.